The fraction of sp³-hybridized carbons (Fsp3) is 0.286. The minimum absolute atomic E-state index is 0.0581. The molecule has 0 saturated carbocycles. The summed E-state index contributed by atoms with van der Waals surface area (Å²) in [5.41, 5.74) is 6.59. The Morgan fingerprint density at radius 1 is 1.00 bits per heavy atom. The lowest BCUT2D eigenvalue weighted by atomic mass is 10.2. The third kappa shape index (κ3) is 7.57. The monoisotopic (exact) mass is 461 g/mol. The van der Waals surface area contributed by atoms with Gasteiger partial charge in [-0.05, 0) is 61.4 Å². The van der Waals surface area contributed by atoms with Crippen LogP contribution in [0, 0.1) is 6.92 Å². The van der Waals surface area contributed by atoms with Crippen molar-refractivity contribution >= 4 is 39.3 Å². The zero-order valence-electron chi connectivity index (χ0n) is 16.4. The SMILES string of the molecule is CCCCC(=O)Nc1ccc(C(=O)NNC(=O)COc2ccc(Br)c(C)c2)cc1. The first kappa shape index (κ1) is 22.4. The maximum Gasteiger partial charge on any atom is 0.276 e. The van der Waals surface area contributed by atoms with E-state index >= 15 is 0 Å². The second kappa shape index (κ2) is 11.2. The van der Waals surface area contributed by atoms with Gasteiger partial charge in [-0.1, -0.05) is 29.3 Å². The molecule has 2 rings (SSSR count). The summed E-state index contributed by atoms with van der Waals surface area (Å²) in [6, 6.07) is 11.8. The van der Waals surface area contributed by atoms with Gasteiger partial charge in [-0.15, -0.1) is 0 Å². The molecule has 7 nitrogen and oxygen atoms in total. The molecule has 0 heterocycles. The van der Waals surface area contributed by atoms with Gasteiger partial charge in [-0.3, -0.25) is 25.2 Å². The number of aryl methyl sites for hydroxylation is 1. The number of rotatable bonds is 8. The van der Waals surface area contributed by atoms with E-state index in [-0.39, 0.29) is 12.5 Å². The average molecular weight is 462 g/mol. The summed E-state index contributed by atoms with van der Waals surface area (Å²) in [4.78, 5) is 35.7. The molecule has 0 unspecified atom stereocenters. The van der Waals surface area contributed by atoms with Crippen LogP contribution in [0.25, 0.3) is 0 Å². The Balaban J connectivity index is 1.77. The van der Waals surface area contributed by atoms with E-state index in [2.05, 4.69) is 32.1 Å². The second-order valence-electron chi connectivity index (χ2n) is 6.43. The molecule has 0 atom stereocenters. The van der Waals surface area contributed by atoms with Crippen molar-refractivity contribution in [2.24, 2.45) is 0 Å². The summed E-state index contributed by atoms with van der Waals surface area (Å²) in [6.07, 6.45) is 2.25. The highest BCUT2D eigenvalue weighted by Crippen LogP contribution is 2.21. The van der Waals surface area contributed by atoms with Crippen molar-refractivity contribution in [3.63, 3.8) is 0 Å². The van der Waals surface area contributed by atoms with Crippen molar-refractivity contribution in [3.8, 4) is 5.75 Å². The molecule has 2 aromatic rings. The molecule has 154 valence electrons. The Bertz CT molecular complexity index is 869. The molecule has 0 aliphatic carbocycles. The molecule has 0 saturated heterocycles. The number of unbranched alkanes of at least 4 members (excludes halogenated alkanes) is 1. The van der Waals surface area contributed by atoms with Gasteiger partial charge in [0.2, 0.25) is 5.91 Å². The van der Waals surface area contributed by atoms with Crippen molar-refractivity contribution < 1.29 is 19.1 Å². The fourth-order valence-corrected chi connectivity index (χ4v) is 2.60. The van der Waals surface area contributed by atoms with Crippen LogP contribution in [-0.4, -0.2) is 24.3 Å². The van der Waals surface area contributed by atoms with Crippen molar-refractivity contribution in [2.45, 2.75) is 33.1 Å². The predicted molar refractivity (Wildman–Crippen MR) is 115 cm³/mol. The number of hydrazine groups is 1. The van der Waals surface area contributed by atoms with Crippen LogP contribution in [-0.2, 0) is 9.59 Å². The number of anilines is 1. The number of hydrogen-bond acceptors (Lipinski definition) is 4. The molecule has 0 aromatic heterocycles. The summed E-state index contributed by atoms with van der Waals surface area (Å²) in [6.45, 7) is 3.70. The summed E-state index contributed by atoms with van der Waals surface area (Å²) in [5, 5.41) is 2.77. The third-order valence-electron chi connectivity index (χ3n) is 4.00. The number of benzene rings is 2. The Hall–Kier alpha value is -2.87. The van der Waals surface area contributed by atoms with E-state index in [0.29, 0.717) is 23.4 Å². The summed E-state index contributed by atoms with van der Waals surface area (Å²) in [5.74, 6) is -0.457. The average Bonchev–Trinajstić information content (AvgIpc) is 2.71. The van der Waals surface area contributed by atoms with Crippen LogP contribution in [0.15, 0.2) is 46.9 Å². The van der Waals surface area contributed by atoms with E-state index in [1.807, 2.05) is 19.9 Å². The number of nitrogens with one attached hydrogen (secondary N) is 3. The molecule has 3 amide bonds. The van der Waals surface area contributed by atoms with Crippen LogP contribution in [0.3, 0.4) is 0 Å². The van der Waals surface area contributed by atoms with Crippen LogP contribution < -0.4 is 20.9 Å². The molecular weight excluding hydrogens is 438 g/mol. The van der Waals surface area contributed by atoms with E-state index < -0.39 is 11.8 Å². The molecule has 8 heteroatoms. The molecule has 0 fully saturated rings. The zero-order chi connectivity index (χ0) is 21.2. The molecule has 0 spiro atoms. The fourth-order valence-electron chi connectivity index (χ4n) is 2.36. The Labute approximate surface area is 178 Å². The minimum Gasteiger partial charge on any atom is -0.484 e. The normalized spacial score (nSPS) is 10.2. The van der Waals surface area contributed by atoms with E-state index in [1.54, 1.807) is 36.4 Å². The quantitative estimate of drug-likeness (QED) is 0.521. The first-order valence-corrected chi connectivity index (χ1v) is 10.1. The van der Waals surface area contributed by atoms with E-state index in [0.717, 1.165) is 22.9 Å². The number of hydrogen-bond donors (Lipinski definition) is 3. The smallest absolute Gasteiger partial charge is 0.276 e. The summed E-state index contributed by atoms with van der Waals surface area (Å²) < 4.78 is 6.35. The standard InChI is InChI=1S/C21H24BrN3O4/c1-3-4-5-19(26)23-16-8-6-15(7-9-16)21(28)25-24-20(27)13-29-17-10-11-18(22)14(2)12-17/h6-12H,3-5,13H2,1-2H3,(H,23,26)(H,24,27)(H,25,28). The van der Waals surface area contributed by atoms with Gasteiger partial charge in [0.1, 0.15) is 5.75 Å². The van der Waals surface area contributed by atoms with Crippen LogP contribution in [0.2, 0.25) is 0 Å². The molecule has 3 N–H and O–H groups in total. The number of amides is 3. The Morgan fingerprint density at radius 3 is 2.38 bits per heavy atom. The van der Waals surface area contributed by atoms with Crippen LogP contribution >= 0.6 is 15.9 Å². The summed E-state index contributed by atoms with van der Waals surface area (Å²) in [7, 11) is 0. The van der Waals surface area contributed by atoms with Crippen LogP contribution in [0.1, 0.15) is 42.1 Å². The van der Waals surface area contributed by atoms with Gasteiger partial charge >= 0.3 is 0 Å². The minimum atomic E-state index is -0.487. The number of ether oxygens (including phenoxy) is 1. The molecule has 29 heavy (non-hydrogen) atoms. The third-order valence-corrected chi connectivity index (χ3v) is 4.89. The molecule has 0 aliphatic rings. The van der Waals surface area contributed by atoms with Crippen molar-refractivity contribution in [2.75, 3.05) is 11.9 Å². The Kier molecular flexibility index (Phi) is 8.67. The maximum absolute atomic E-state index is 12.1. The Morgan fingerprint density at radius 2 is 1.72 bits per heavy atom. The van der Waals surface area contributed by atoms with Crippen molar-refractivity contribution in [1.82, 2.24) is 10.9 Å². The maximum atomic E-state index is 12.1. The first-order chi connectivity index (χ1) is 13.9. The van der Waals surface area contributed by atoms with Gasteiger partial charge in [0.15, 0.2) is 6.61 Å². The topological polar surface area (TPSA) is 96.5 Å². The second-order valence-corrected chi connectivity index (χ2v) is 7.29. The van der Waals surface area contributed by atoms with Crippen molar-refractivity contribution in [3.05, 3.63) is 58.1 Å². The van der Waals surface area contributed by atoms with Gasteiger partial charge in [-0.2, -0.15) is 0 Å². The number of halogens is 1. The van der Waals surface area contributed by atoms with E-state index in [9.17, 15) is 14.4 Å². The molecular formula is C21H24BrN3O4. The van der Waals surface area contributed by atoms with E-state index in [4.69, 9.17) is 4.74 Å². The van der Waals surface area contributed by atoms with Gasteiger partial charge in [0.25, 0.3) is 11.8 Å². The first-order valence-electron chi connectivity index (χ1n) is 9.27. The molecule has 0 aliphatic heterocycles. The highest BCUT2D eigenvalue weighted by Gasteiger charge is 2.09. The number of carbonyl (C=O) groups excluding carboxylic acids is 3. The number of carbonyl (C=O) groups is 3. The highest BCUT2D eigenvalue weighted by molar-refractivity contribution is 9.10. The zero-order valence-corrected chi connectivity index (χ0v) is 18.0. The van der Waals surface area contributed by atoms with Crippen LogP contribution in [0.5, 0.6) is 5.75 Å². The van der Waals surface area contributed by atoms with Gasteiger partial charge < -0.3 is 10.1 Å². The van der Waals surface area contributed by atoms with Crippen LogP contribution in [0.4, 0.5) is 5.69 Å². The van der Waals surface area contributed by atoms with Gasteiger partial charge in [-0.25, -0.2) is 0 Å². The highest BCUT2D eigenvalue weighted by atomic mass is 79.9. The van der Waals surface area contributed by atoms with Gasteiger partial charge in [0.05, 0.1) is 0 Å². The predicted octanol–water partition coefficient (Wildman–Crippen LogP) is 3.73. The lowest BCUT2D eigenvalue weighted by Crippen LogP contribution is -2.43. The summed E-state index contributed by atoms with van der Waals surface area (Å²) >= 11 is 3.40. The van der Waals surface area contributed by atoms with E-state index in [1.165, 1.54) is 0 Å². The van der Waals surface area contributed by atoms with Crippen molar-refractivity contribution in [1.29, 1.82) is 0 Å². The molecule has 0 radical (unpaired) electrons. The largest absolute Gasteiger partial charge is 0.484 e. The lowest BCUT2D eigenvalue weighted by Gasteiger charge is -2.10. The van der Waals surface area contributed by atoms with Gasteiger partial charge in [0, 0.05) is 22.1 Å². The molecule has 0 bridgehead atoms. The molecule has 2 aromatic carbocycles. The lowest BCUT2D eigenvalue weighted by molar-refractivity contribution is -0.123.